The average molecular weight is 152 g/mol. The molecular formula is C11H20. The van der Waals surface area contributed by atoms with Crippen molar-refractivity contribution in [3.63, 3.8) is 0 Å². The van der Waals surface area contributed by atoms with Crippen molar-refractivity contribution >= 4 is 0 Å². The molecular weight excluding hydrogens is 132 g/mol. The monoisotopic (exact) mass is 152 g/mol. The average Bonchev–Trinajstić information content (AvgIpc) is 2.04. The predicted molar refractivity (Wildman–Crippen MR) is 50.6 cm³/mol. The molecule has 0 bridgehead atoms. The van der Waals surface area contributed by atoms with Gasteiger partial charge >= 0.3 is 0 Å². The van der Waals surface area contributed by atoms with Gasteiger partial charge in [0.25, 0.3) is 0 Å². The van der Waals surface area contributed by atoms with Crippen molar-refractivity contribution in [1.29, 1.82) is 0 Å². The van der Waals surface area contributed by atoms with Crippen LogP contribution in [0.3, 0.4) is 0 Å². The summed E-state index contributed by atoms with van der Waals surface area (Å²) in [6.45, 7) is 6.96. The van der Waals surface area contributed by atoms with E-state index in [1.165, 1.54) is 32.1 Å². The van der Waals surface area contributed by atoms with Crippen molar-refractivity contribution in [2.24, 2.45) is 5.92 Å². The van der Waals surface area contributed by atoms with Crippen molar-refractivity contribution in [2.75, 3.05) is 0 Å². The second-order valence-electron chi connectivity index (χ2n) is 3.76. The van der Waals surface area contributed by atoms with Gasteiger partial charge in [-0.1, -0.05) is 31.9 Å². The van der Waals surface area contributed by atoms with Crippen LogP contribution in [0, 0.1) is 5.92 Å². The van der Waals surface area contributed by atoms with Crippen LogP contribution in [0.25, 0.3) is 0 Å². The van der Waals surface area contributed by atoms with Gasteiger partial charge in [-0.15, -0.1) is 0 Å². The number of rotatable bonds is 2. The highest BCUT2D eigenvalue weighted by molar-refractivity contribution is 5.17. The smallest absolute Gasteiger partial charge is 0.0292 e. The van der Waals surface area contributed by atoms with Crippen LogP contribution in [0.4, 0.5) is 0 Å². The van der Waals surface area contributed by atoms with Crippen LogP contribution >= 0.6 is 0 Å². The molecule has 1 rings (SSSR count). The van der Waals surface area contributed by atoms with Gasteiger partial charge in [-0.25, -0.2) is 0 Å². The van der Waals surface area contributed by atoms with Gasteiger partial charge < -0.3 is 0 Å². The highest BCUT2D eigenvalue weighted by atomic mass is 14.2. The normalized spacial score (nSPS) is 25.9. The Morgan fingerprint density at radius 2 is 1.82 bits per heavy atom. The third-order valence-electron chi connectivity index (χ3n) is 2.89. The Bertz CT molecular complexity index is 153. The zero-order chi connectivity index (χ0) is 8.27. The third kappa shape index (κ3) is 2.08. The van der Waals surface area contributed by atoms with Crippen molar-refractivity contribution in [3.8, 4) is 0 Å². The summed E-state index contributed by atoms with van der Waals surface area (Å²) in [7, 11) is 0. The van der Waals surface area contributed by atoms with E-state index in [1.807, 2.05) is 0 Å². The van der Waals surface area contributed by atoms with Gasteiger partial charge in [0.15, 0.2) is 0 Å². The first-order valence-corrected chi connectivity index (χ1v) is 4.97. The van der Waals surface area contributed by atoms with Crippen molar-refractivity contribution in [1.82, 2.24) is 0 Å². The lowest BCUT2D eigenvalue weighted by atomic mass is 9.83. The number of allylic oxidation sites excluding steroid dienone is 2. The first-order chi connectivity index (χ1) is 5.27. The van der Waals surface area contributed by atoms with E-state index < -0.39 is 0 Å². The molecule has 0 spiro atoms. The van der Waals surface area contributed by atoms with E-state index in [4.69, 9.17) is 0 Å². The molecule has 0 N–H and O–H groups in total. The summed E-state index contributed by atoms with van der Waals surface area (Å²) in [4.78, 5) is 0. The van der Waals surface area contributed by atoms with E-state index in [1.54, 1.807) is 11.1 Å². The van der Waals surface area contributed by atoms with Gasteiger partial charge in [-0.3, -0.25) is 0 Å². The molecule has 0 saturated carbocycles. The topological polar surface area (TPSA) is 0 Å². The lowest BCUT2D eigenvalue weighted by molar-refractivity contribution is 0.482. The molecule has 0 radical (unpaired) electrons. The van der Waals surface area contributed by atoms with E-state index in [-0.39, 0.29) is 0 Å². The Kier molecular flexibility index (Phi) is 3.16. The molecule has 1 aliphatic carbocycles. The van der Waals surface area contributed by atoms with Crippen molar-refractivity contribution in [3.05, 3.63) is 11.1 Å². The SMILES string of the molecule is CCC1=C(CC)CC(C)CC1. The van der Waals surface area contributed by atoms with Crippen LogP contribution in [-0.4, -0.2) is 0 Å². The maximum atomic E-state index is 2.38. The molecule has 1 atom stereocenters. The van der Waals surface area contributed by atoms with Gasteiger partial charge in [0, 0.05) is 0 Å². The fraction of sp³-hybridized carbons (Fsp3) is 0.818. The molecule has 0 heterocycles. The summed E-state index contributed by atoms with van der Waals surface area (Å²) in [6, 6.07) is 0. The maximum Gasteiger partial charge on any atom is -0.0292 e. The summed E-state index contributed by atoms with van der Waals surface area (Å²) < 4.78 is 0. The van der Waals surface area contributed by atoms with Gasteiger partial charge in [-0.2, -0.15) is 0 Å². The first-order valence-electron chi connectivity index (χ1n) is 4.97. The summed E-state index contributed by atoms with van der Waals surface area (Å²) in [5, 5.41) is 0. The van der Waals surface area contributed by atoms with E-state index in [0.717, 1.165) is 5.92 Å². The second kappa shape index (κ2) is 3.94. The van der Waals surface area contributed by atoms with Crippen LogP contribution in [0.15, 0.2) is 11.1 Å². The fourth-order valence-electron chi connectivity index (χ4n) is 2.09. The zero-order valence-corrected chi connectivity index (χ0v) is 8.11. The van der Waals surface area contributed by atoms with E-state index in [0.29, 0.717) is 0 Å². The van der Waals surface area contributed by atoms with Gasteiger partial charge in [0.1, 0.15) is 0 Å². The minimum Gasteiger partial charge on any atom is -0.0713 e. The van der Waals surface area contributed by atoms with Crippen LogP contribution < -0.4 is 0 Å². The molecule has 1 aliphatic rings. The quantitative estimate of drug-likeness (QED) is 0.526. The molecule has 0 aliphatic heterocycles. The largest absolute Gasteiger partial charge is 0.0713 e. The zero-order valence-electron chi connectivity index (χ0n) is 8.11. The Hall–Kier alpha value is -0.260. The minimum atomic E-state index is 0.945. The lowest BCUT2D eigenvalue weighted by Crippen LogP contribution is -2.06. The van der Waals surface area contributed by atoms with Gasteiger partial charge in [-0.05, 0) is 38.0 Å². The van der Waals surface area contributed by atoms with E-state index in [9.17, 15) is 0 Å². The van der Waals surface area contributed by atoms with E-state index >= 15 is 0 Å². The Labute approximate surface area is 70.7 Å². The molecule has 0 saturated heterocycles. The standard InChI is InChI=1S/C11H20/c1-4-10-7-6-9(3)8-11(10)5-2/h9H,4-8H2,1-3H3. The third-order valence-corrected chi connectivity index (χ3v) is 2.89. The number of hydrogen-bond donors (Lipinski definition) is 0. The highest BCUT2D eigenvalue weighted by Crippen LogP contribution is 2.32. The summed E-state index contributed by atoms with van der Waals surface area (Å²) in [5.74, 6) is 0.945. The molecule has 64 valence electrons. The molecule has 0 amide bonds. The molecule has 0 heteroatoms. The van der Waals surface area contributed by atoms with Gasteiger partial charge in [0.2, 0.25) is 0 Å². The Balaban J connectivity index is 2.67. The molecule has 0 aromatic carbocycles. The van der Waals surface area contributed by atoms with E-state index in [2.05, 4.69) is 20.8 Å². The van der Waals surface area contributed by atoms with Crippen LogP contribution in [-0.2, 0) is 0 Å². The van der Waals surface area contributed by atoms with Crippen molar-refractivity contribution in [2.45, 2.75) is 52.9 Å². The van der Waals surface area contributed by atoms with Crippen LogP contribution in [0.5, 0.6) is 0 Å². The molecule has 0 aromatic rings. The fourth-order valence-corrected chi connectivity index (χ4v) is 2.09. The Morgan fingerprint density at radius 1 is 1.18 bits per heavy atom. The first kappa shape index (κ1) is 8.83. The van der Waals surface area contributed by atoms with Crippen molar-refractivity contribution < 1.29 is 0 Å². The summed E-state index contributed by atoms with van der Waals surface area (Å²) in [5.41, 5.74) is 3.51. The molecule has 0 nitrogen and oxygen atoms in total. The Morgan fingerprint density at radius 3 is 2.36 bits per heavy atom. The van der Waals surface area contributed by atoms with Crippen LogP contribution in [0.2, 0.25) is 0 Å². The maximum absolute atomic E-state index is 2.38. The molecule has 1 unspecified atom stereocenters. The predicted octanol–water partition coefficient (Wildman–Crippen LogP) is 3.92. The lowest BCUT2D eigenvalue weighted by Gasteiger charge is -2.23. The highest BCUT2D eigenvalue weighted by Gasteiger charge is 2.14. The molecule has 11 heavy (non-hydrogen) atoms. The second-order valence-corrected chi connectivity index (χ2v) is 3.76. The molecule has 0 aromatic heterocycles. The number of hydrogen-bond acceptors (Lipinski definition) is 0. The molecule has 0 fully saturated rings. The van der Waals surface area contributed by atoms with Gasteiger partial charge in [0.05, 0.1) is 0 Å². The van der Waals surface area contributed by atoms with Crippen LogP contribution in [0.1, 0.15) is 52.9 Å². The summed E-state index contributed by atoms with van der Waals surface area (Å²) in [6.07, 6.45) is 6.75. The summed E-state index contributed by atoms with van der Waals surface area (Å²) >= 11 is 0. The minimum absolute atomic E-state index is 0.945.